The van der Waals surface area contributed by atoms with Crippen molar-refractivity contribution in [3.05, 3.63) is 22.4 Å². The zero-order chi connectivity index (χ0) is 16.4. The predicted molar refractivity (Wildman–Crippen MR) is 87.2 cm³/mol. The van der Waals surface area contributed by atoms with E-state index in [1.807, 2.05) is 11.4 Å². The van der Waals surface area contributed by atoms with E-state index in [1.165, 1.54) is 11.3 Å². The van der Waals surface area contributed by atoms with Crippen LogP contribution in [0.5, 0.6) is 0 Å². The highest BCUT2D eigenvalue weighted by Crippen LogP contribution is 2.23. The third-order valence-electron chi connectivity index (χ3n) is 4.52. The summed E-state index contributed by atoms with van der Waals surface area (Å²) in [7, 11) is 1.75. The molecule has 0 spiro atoms. The second-order valence-electron chi connectivity index (χ2n) is 6.15. The first kappa shape index (κ1) is 16.0. The molecule has 0 aromatic carbocycles. The molecule has 0 bridgehead atoms. The summed E-state index contributed by atoms with van der Waals surface area (Å²) in [5.74, 6) is -0.0420. The van der Waals surface area contributed by atoms with Crippen LogP contribution in [-0.2, 0) is 9.59 Å². The third-order valence-corrected chi connectivity index (χ3v) is 5.38. The van der Waals surface area contributed by atoms with Crippen LogP contribution in [0.15, 0.2) is 17.5 Å². The minimum absolute atomic E-state index is 0.0236. The average molecular weight is 335 g/mol. The highest BCUT2D eigenvalue weighted by molar-refractivity contribution is 7.12. The fourth-order valence-electron chi connectivity index (χ4n) is 3.25. The zero-order valence-corrected chi connectivity index (χ0v) is 14.0. The fraction of sp³-hybridized carbons (Fsp3) is 0.562. The van der Waals surface area contributed by atoms with Crippen molar-refractivity contribution in [1.82, 2.24) is 15.1 Å². The molecular weight excluding hydrogens is 314 g/mol. The first-order chi connectivity index (χ1) is 11.1. The molecule has 2 aliphatic heterocycles. The minimum Gasteiger partial charge on any atom is -0.350 e. The van der Waals surface area contributed by atoms with Gasteiger partial charge in [0.2, 0.25) is 11.8 Å². The maximum Gasteiger partial charge on any atom is 0.264 e. The molecular formula is C16H21N3O3S. The summed E-state index contributed by atoms with van der Waals surface area (Å²) >= 11 is 1.40. The Kier molecular flexibility index (Phi) is 4.66. The van der Waals surface area contributed by atoms with Crippen molar-refractivity contribution in [3.63, 3.8) is 0 Å². The average Bonchev–Trinajstić information content (AvgIpc) is 3.21. The first-order valence-electron chi connectivity index (χ1n) is 7.95. The van der Waals surface area contributed by atoms with E-state index in [2.05, 4.69) is 5.32 Å². The van der Waals surface area contributed by atoms with E-state index in [9.17, 15) is 14.4 Å². The van der Waals surface area contributed by atoms with Crippen molar-refractivity contribution in [3.8, 4) is 0 Å². The summed E-state index contributed by atoms with van der Waals surface area (Å²) in [5, 5.41) is 4.89. The van der Waals surface area contributed by atoms with E-state index in [4.69, 9.17) is 0 Å². The zero-order valence-electron chi connectivity index (χ0n) is 13.2. The van der Waals surface area contributed by atoms with Crippen LogP contribution in [0.2, 0.25) is 0 Å². The molecule has 2 aliphatic rings. The summed E-state index contributed by atoms with van der Waals surface area (Å²) in [4.78, 5) is 40.6. The van der Waals surface area contributed by atoms with Crippen LogP contribution in [0.25, 0.3) is 0 Å². The molecule has 0 radical (unpaired) electrons. The SMILES string of the molecule is CN1CC(NC(=O)[C@@H]2CCCN2C(=O)c2cccs2)CCC1=O. The number of likely N-dealkylation sites (tertiary alicyclic amines) is 2. The summed E-state index contributed by atoms with van der Waals surface area (Å²) in [6.07, 6.45) is 2.67. The summed E-state index contributed by atoms with van der Waals surface area (Å²) < 4.78 is 0. The number of likely N-dealkylation sites (N-methyl/N-ethyl adjacent to an activating group) is 1. The van der Waals surface area contributed by atoms with Gasteiger partial charge in [0, 0.05) is 32.6 Å². The molecule has 0 saturated carbocycles. The molecule has 0 aliphatic carbocycles. The summed E-state index contributed by atoms with van der Waals surface area (Å²) in [6, 6.07) is 3.22. The van der Waals surface area contributed by atoms with Crippen LogP contribution in [0.1, 0.15) is 35.4 Å². The molecule has 2 atom stereocenters. The van der Waals surface area contributed by atoms with Gasteiger partial charge in [0.15, 0.2) is 0 Å². The van der Waals surface area contributed by atoms with Gasteiger partial charge in [-0.2, -0.15) is 0 Å². The standard InChI is InChI=1S/C16H21N3O3S/c1-18-10-11(6-7-14(18)20)17-15(21)12-4-2-8-19(12)16(22)13-5-3-9-23-13/h3,5,9,11-12H,2,4,6-8,10H2,1H3,(H,17,21)/t11?,12-/m0/s1. The lowest BCUT2D eigenvalue weighted by Crippen LogP contribution is -2.53. The van der Waals surface area contributed by atoms with E-state index in [-0.39, 0.29) is 23.8 Å². The quantitative estimate of drug-likeness (QED) is 0.899. The van der Waals surface area contributed by atoms with Gasteiger partial charge in [-0.05, 0) is 30.7 Å². The molecule has 3 rings (SSSR count). The van der Waals surface area contributed by atoms with Crippen LogP contribution in [0.4, 0.5) is 0 Å². The molecule has 2 fully saturated rings. The molecule has 6 nitrogen and oxygen atoms in total. The predicted octanol–water partition coefficient (Wildman–Crippen LogP) is 1.09. The molecule has 2 saturated heterocycles. The summed E-state index contributed by atoms with van der Waals surface area (Å²) in [6.45, 7) is 1.16. The number of nitrogens with one attached hydrogen (secondary N) is 1. The van der Waals surface area contributed by atoms with Crippen LogP contribution in [-0.4, -0.2) is 59.7 Å². The number of carbonyl (C=O) groups is 3. The molecule has 3 heterocycles. The third kappa shape index (κ3) is 3.39. The lowest BCUT2D eigenvalue weighted by atomic mass is 10.0. The van der Waals surface area contributed by atoms with Crippen molar-refractivity contribution >= 4 is 29.1 Å². The number of hydrogen-bond donors (Lipinski definition) is 1. The number of thiophene rings is 1. The van der Waals surface area contributed by atoms with Gasteiger partial charge in [-0.3, -0.25) is 14.4 Å². The second-order valence-corrected chi connectivity index (χ2v) is 7.10. The Hall–Kier alpha value is -1.89. The van der Waals surface area contributed by atoms with E-state index in [0.29, 0.717) is 37.2 Å². The Morgan fingerprint density at radius 1 is 1.35 bits per heavy atom. The Bertz CT molecular complexity index is 602. The largest absolute Gasteiger partial charge is 0.350 e. The smallest absolute Gasteiger partial charge is 0.264 e. The Morgan fingerprint density at radius 2 is 2.17 bits per heavy atom. The van der Waals surface area contributed by atoms with E-state index in [0.717, 1.165) is 6.42 Å². The number of hydrogen-bond acceptors (Lipinski definition) is 4. The maximum absolute atomic E-state index is 12.6. The van der Waals surface area contributed by atoms with Crippen LogP contribution in [0, 0.1) is 0 Å². The molecule has 3 amide bonds. The van der Waals surface area contributed by atoms with Crippen LogP contribution < -0.4 is 5.32 Å². The van der Waals surface area contributed by atoms with Gasteiger partial charge >= 0.3 is 0 Å². The molecule has 124 valence electrons. The van der Waals surface area contributed by atoms with Gasteiger partial charge in [0.1, 0.15) is 6.04 Å². The van der Waals surface area contributed by atoms with Crippen molar-refractivity contribution in [2.45, 2.75) is 37.8 Å². The number of carbonyl (C=O) groups excluding carboxylic acids is 3. The lowest BCUT2D eigenvalue weighted by molar-refractivity contribution is -0.134. The highest BCUT2D eigenvalue weighted by Gasteiger charge is 2.36. The highest BCUT2D eigenvalue weighted by atomic mass is 32.1. The first-order valence-corrected chi connectivity index (χ1v) is 8.83. The van der Waals surface area contributed by atoms with Crippen molar-refractivity contribution in [2.75, 3.05) is 20.1 Å². The van der Waals surface area contributed by atoms with E-state index >= 15 is 0 Å². The molecule has 1 aromatic heterocycles. The monoisotopic (exact) mass is 335 g/mol. The normalized spacial score (nSPS) is 24.8. The van der Waals surface area contributed by atoms with Crippen molar-refractivity contribution < 1.29 is 14.4 Å². The number of nitrogens with zero attached hydrogens (tertiary/aromatic N) is 2. The van der Waals surface area contributed by atoms with Crippen molar-refractivity contribution in [2.24, 2.45) is 0 Å². The van der Waals surface area contributed by atoms with Crippen LogP contribution in [0.3, 0.4) is 0 Å². The van der Waals surface area contributed by atoms with Gasteiger partial charge in [-0.25, -0.2) is 0 Å². The number of piperidine rings is 1. The number of amides is 3. The molecule has 23 heavy (non-hydrogen) atoms. The van der Waals surface area contributed by atoms with E-state index < -0.39 is 6.04 Å². The van der Waals surface area contributed by atoms with Gasteiger partial charge in [0.25, 0.3) is 5.91 Å². The lowest BCUT2D eigenvalue weighted by Gasteiger charge is -2.32. The summed E-state index contributed by atoms with van der Waals surface area (Å²) in [5.41, 5.74) is 0. The number of rotatable bonds is 3. The molecule has 1 unspecified atom stereocenters. The minimum atomic E-state index is -0.396. The molecule has 1 N–H and O–H groups in total. The Morgan fingerprint density at radius 3 is 2.87 bits per heavy atom. The van der Waals surface area contributed by atoms with Gasteiger partial charge < -0.3 is 15.1 Å². The van der Waals surface area contributed by atoms with Gasteiger partial charge in [-0.15, -0.1) is 11.3 Å². The topological polar surface area (TPSA) is 69.7 Å². The Balaban J connectivity index is 1.62. The van der Waals surface area contributed by atoms with Gasteiger partial charge in [-0.1, -0.05) is 6.07 Å². The van der Waals surface area contributed by atoms with E-state index in [1.54, 1.807) is 22.9 Å². The molecule has 1 aromatic rings. The van der Waals surface area contributed by atoms with Crippen LogP contribution >= 0.6 is 11.3 Å². The van der Waals surface area contributed by atoms with Gasteiger partial charge in [0.05, 0.1) is 4.88 Å². The second kappa shape index (κ2) is 6.70. The Labute approximate surface area is 139 Å². The van der Waals surface area contributed by atoms with Crippen molar-refractivity contribution in [1.29, 1.82) is 0 Å². The fourth-order valence-corrected chi connectivity index (χ4v) is 3.93. The molecule has 7 heteroatoms. The maximum atomic E-state index is 12.6.